The first-order valence-electron chi connectivity index (χ1n) is 64.6. The predicted molar refractivity (Wildman–Crippen MR) is 578 cm³/mol. The van der Waals surface area contributed by atoms with Crippen LogP contribution in [-0.4, -0.2) is 12.1 Å². The van der Waals surface area contributed by atoms with Crippen molar-refractivity contribution in [3.63, 3.8) is 0 Å². The molecule has 0 aromatic heterocycles. The molecule has 0 spiro atoms. The Morgan fingerprint density at radius 3 is 0.662 bits per heavy atom. The van der Waals surface area contributed by atoms with Crippen LogP contribution in [0.5, 0.6) is 0 Å². The molecule has 6 nitrogen and oxygen atoms in total. The summed E-state index contributed by atoms with van der Waals surface area (Å²) in [6, 6.07) is 0.545. The van der Waals surface area contributed by atoms with E-state index in [-0.39, 0.29) is 12.1 Å². The Morgan fingerprint density at radius 1 is 0.169 bits per heavy atom. The van der Waals surface area contributed by atoms with E-state index in [4.69, 9.17) is 0 Å². The highest BCUT2D eigenvalue weighted by Crippen LogP contribution is 2.58. The zero-order valence-corrected chi connectivity index (χ0v) is 90.9. The zero-order chi connectivity index (χ0) is 93.1. The molecule has 0 heterocycles. The monoisotopic (exact) mass is 1870 g/mol. The molecule has 6 heteroatoms. The Labute approximate surface area is 842 Å². The average molecular weight is 1870 g/mol. The van der Waals surface area contributed by atoms with Gasteiger partial charge in [0.25, 0.3) is 0 Å². The second kappa shape index (κ2) is 53.0. The highest BCUT2D eigenvalue weighted by atomic mass is 15.2. The van der Waals surface area contributed by atoms with Gasteiger partial charge in [0.15, 0.2) is 0 Å². The van der Waals surface area contributed by atoms with Gasteiger partial charge < -0.3 is 0 Å². The van der Waals surface area contributed by atoms with Gasteiger partial charge in [0.1, 0.15) is 0 Å². The molecule has 0 bridgehead atoms. The van der Waals surface area contributed by atoms with E-state index in [0.717, 1.165) is 225 Å². The van der Waals surface area contributed by atoms with Gasteiger partial charge in [-0.2, -0.15) is 0 Å². The van der Waals surface area contributed by atoms with Crippen molar-refractivity contribution in [3.8, 4) is 0 Å². The smallest absolute Gasteiger partial charge is 0.0405 e. The lowest BCUT2D eigenvalue weighted by atomic mass is 9.81. The SMILES string of the molecule is CCCC1CC(CCC2CC(CCCC3CC(C)C(CC4CCC(CCC5CCC(CCC6CC(CCC7CCC(C)C7)C(N=[N+]=[N-])C6)C5)C4)C3)C(CC3CCC(CCC4CCC(CCC5CC(CCC6CCC(CCC7CCC(C)C7)C6)CC5CCC5CCC(CCC6CCC(C)C6)C5)C4)C3)C2)C(CC2CCC(CCC3CCC(CCC4CC(CCC5CCC(C)C5)CC4N=[N+]=[N-])C3)C2)C1. The third-order valence-electron chi connectivity index (χ3n) is 48.7. The Hall–Kier alpha value is -1.38. The molecule has 42 unspecified atom stereocenters. The summed E-state index contributed by atoms with van der Waals surface area (Å²) in [5, 5.41) is 8.88. The molecular weight excluding hydrogens is 1650 g/mol. The van der Waals surface area contributed by atoms with Crippen molar-refractivity contribution in [1.29, 1.82) is 0 Å². The molecular formula is C130H224N6. The third-order valence-corrected chi connectivity index (χ3v) is 48.7. The van der Waals surface area contributed by atoms with Gasteiger partial charge in [0.05, 0.1) is 0 Å². The van der Waals surface area contributed by atoms with Gasteiger partial charge in [-0.25, -0.2) is 0 Å². The molecule has 0 aromatic carbocycles. The minimum atomic E-state index is 0.272. The third kappa shape index (κ3) is 31.4. The minimum Gasteiger partial charge on any atom is -0.0903 e. The van der Waals surface area contributed by atoms with Crippen LogP contribution in [0.3, 0.4) is 0 Å². The first-order valence-corrected chi connectivity index (χ1v) is 64.6. The minimum absolute atomic E-state index is 0.272. The fourth-order valence-electron chi connectivity index (χ4n) is 40.9. The van der Waals surface area contributed by atoms with Crippen molar-refractivity contribution < 1.29 is 0 Å². The maximum Gasteiger partial charge on any atom is 0.0405 e. The summed E-state index contributed by atoms with van der Waals surface area (Å²) in [5.41, 5.74) is 19.1. The van der Waals surface area contributed by atoms with Crippen LogP contribution in [0, 0.1) is 237 Å². The summed E-state index contributed by atoms with van der Waals surface area (Å²) in [4.78, 5) is 6.79. The van der Waals surface area contributed by atoms with E-state index in [1.807, 2.05) is 0 Å². The fourth-order valence-corrected chi connectivity index (χ4v) is 40.9. The largest absolute Gasteiger partial charge is 0.0903 e. The van der Waals surface area contributed by atoms with Crippen molar-refractivity contribution in [2.24, 2.45) is 247 Å². The van der Waals surface area contributed by atoms with Gasteiger partial charge in [-0.1, -0.05) is 373 Å². The van der Waals surface area contributed by atoms with Crippen LogP contribution in [0.15, 0.2) is 10.2 Å². The van der Waals surface area contributed by atoms with E-state index >= 15 is 0 Å². The standard InChI is InChI=1S/C130H224N6/c1-7-9-111-75-123(128(83-111)85-115-48-43-107(74-115)36-30-102-33-39-110(71-102)55-61-125-79-118(87-130(125)134-136-132)50-40-96-18-14-91(4)64-96)59-56-117-76-120(11-8-10-112-66-93(6)126(81-112)82-113-46-41-105(72-113)34-28-100-25-27-104(68-100)45-51-119-80-124(129(88-119)133-135-131)60-54-97-19-15-92(5)65-97)127(86-117)84-114-47-42-106(73-114)35-29-101-32-38-109(70-101)53-58-122-78-116(49-44-103-26-24-98(67-103)22-20-94-16-12-89(2)62-94)77-121(122)57-52-108-37-31-99(69-108)23-21-95-17-13-90(3)63-95/h89-130H,7-88H2,1-6H3. The second-order valence-corrected chi connectivity index (χ2v) is 58.8. The molecule has 774 valence electrons. The van der Waals surface area contributed by atoms with Gasteiger partial charge in [0, 0.05) is 21.9 Å². The molecule has 0 aromatic rings. The lowest BCUT2D eigenvalue weighted by molar-refractivity contribution is 0.266. The van der Waals surface area contributed by atoms with Crippen molar-refractivity contribution in [2.75, 3.05) is 0 Å². The van der Waals surface area contributed by atoms with E-state index in [1.165, 1.54) is 205 Å². The lowest BCUT2D eigenvalue weighted by Gasteiger charge is -2.24. The van der Waals surface area contributed by atoms with Crippen LogP contribution in [0.2, 0.25) is 0 Å². The van der Waals surface area contributed by atoms with Crippen LogP contribution in [-0.2, 0) is 0 Å². The molecule has 18 fully saturated rings. The zero-order valence-electron chi connectivity index (χ0n) is 90.9. The predicted octanol–water partition coefficient (Wildman–Crippen LogP) is 41.3. The Kier molecular flexibility index (Phi) is 40.7. The Balaban J connectivity index is 0.434. The Morgan fingerprint density at radius 2 is 0.368 bits per heavy atom. The highest BCUT2D eigenvalue weighted by Gasteiger charge is 2.46. The van der Waals surface area contributed by atoms with Gasteiger partial charge >= 0.3 is 0 Å². The van der Waals surface area contributed by atoms with Crippen molar-refractivity contribution in [1.82, 2.24) is 0 Å². The van der Waals surface area contributed by atoms with E-state index < -0.39 is 0 Å². The van der Waals surface area contributed by atoms with E-state index in [1.54, 1.807) is 321 Å². The van der Waals surface area contributed by atoms with E-state index in [0.29, 0.717) is 11.8 Å². The summed E-state index contributed by atoms with van der Waals surface area (Å²) in [5.74, 6) is 39.6. The van der Waals surface area contributed by atoms with Crippen LogP contribution in [0.1, 0.15) is 568 Å². The normalized spacial score (nSPS) is 45.2. The first-order chi connectivity index (χ1) is 66.5. The van der Waals surface area contributed by atoms with Crippen molar-refractivity contribution in [2.45, 2.75) is 580 Å². The van der Waals surface area contributed by atoms with Crippen molar-refractivity contribution in [3.05, 3.63) is 20.9 Å². The molecule has 0 saturated heterocycles. The van der Waals surface area contributed by atoms with Gasteiger partial charge in [-0.15, -0.1) is 0 Å². The van der Waals surface area contributed by atoms with Crippen LogP contribution in [0.4, 0.5) is 0 Å². The van der Waals surface area contributed by atoms with Crippen LogP contribution >= 0.6 is 0 Å². The molecule has 18 rings (SSSR count). The van der Waals surface area contributed by atoms with E-state index in [9.17, 15) is 11.1 Å². The lowest BCUT2D eigenvalue weighted by Crippen LogP contribution is -2.14. The topological polar surface area (TPSA) is 97.5 Å². The molecule has 0 N–H and O–H groups in total. The molecule has 136 heavy (non-hydrogen) atoms. The highest BCUT2D eigenvalue weighted by molar-refractivity contribution is 4.99. The molecule has 0 aliphatic heterocycles. The molecule has 0 radical (unpaired) electrons. The van der Waals surface area contributed by atoms with E-state index in [2.05, 4.69) is 61.6 Å². The van der Waals surface area contributed by atoms with Gasteiger partial charge in [0.2, 0.25) is 0 Å². The number of hydrogen-bond acceptors (Lipinski definition) is 2. The quantitative estimate of drug-likeness (QED) is 0.0329. The first kappa shape index (κ1) is 105. The fraction of sp³-hybridized carbons (Fsp3) is 1.00. The number of rotatable bonds is 53. The number of hydrogen-bond donors (Lipinski definition) is 0. The molecule has 42 atom stereocenters. The average Bonchev–Trinajstić information content (AvgIpc) is 1.61. The van der Waals surface area contributed by atoms with Gasteiger partial charge in [-0.3, -0.25) is 0 Å². The molecule has 18 saturated carbocycles. The maximum absolute atomic E-state index is 9.59. The number of nitrogens with zero attached hydrogens (tertiary/aromatic N) is 6. The van der Waals surface area contributed by atoms with Crippen molar-refractivity contribution >= 4 is 0 Å². The van der Waals surface area contributed by atoms with Crippen LogP contribution < -0.4 is 0 Å². The van der Waals surface area contributed by atoms with Crippen LogP contribution in [0.25, 0.3) is 20.9 Å². The van der Waals surface area contributed by atoms with Gasteiger partial charge in [-0.05, 0) is 453 Å². The summed E-state index contributed by atoms with van der Waals surface area (Å²) < 4.78 is 0. The summed E-state index contributed by atoms with van der Waals surface area (Å²) in [6.45, 7) is 15.2. The summed E-state index contributed by atoms with van der Waals surface area (Å²) in [6.07, 6.45) is 125. The molecule has 0 amide bonds. The second-order valence-electron chi connectivity index (χ2n) is 58.8. The summed E-state index contributed by atoms with van der Waals surface area (Å²) >= 11 is 0. The summed E-state index contributed by atoms with van der Waals surface area (Å²) in [7, 11) is 0. The Bertz CT molecular complexity index is 3510. The molecule has 18 aliphatic carbocycles. The maximum atomic E-state index is 9.59. The number of azide groups is 2. The molecule has 18 aliphatic rings.